The van der Waals surface area contributed by atoms with Gasteiger partial charge in [-0.25, -0.2) is 4.79 Å². The molecule has 0 radical (unpaired) electrons. The number of carbonyl (C=O) groups is 13. The van der Waals surface area contributed by atoms with E-state index >= 15 is 0 Å². The van der Waals surface area contributed by atoms with Crippen LogP contribution in [0.15, 0.2) is 60.7 Å². The van der Waals surface area contributed by atoms with Crippen LogP contribution in [-0.2, 0) is 118 Å². The van der Waals surface area contributed by atoms with Gasteiger partial charge in [-0.05, 0) is 172 Å². The lowest BCUT2D eigenvalue weighted by Crippen LogP contribution is -2.59. The van der Waals surface area contributed by atoms with E-state index in [0.29, 0.717) is 87.2 Å². The summed E-state index contributed by atoms with van der Waals surface area (Å²) in [6, 6.07) is 7.49. The molecule has 31 nitrogen and oxygen atoms in total. The van der Waals surface area contributed by atoms with Crippen molar-refractivity contribution in [3.8, 4) is 0 Å². The molecule has 9 N–H and O–H groups in total. The summed E-state index contributed by atoms with van der Waals surface area (Å²) < 4.78 is 47.4. The van der Waals surface area contributed by atoms with Crippen LogP contribution >= 0.6 is 0 Å². The third-order valence-corrected chi connectivity index (χ3v) is 17.4. The van der Waals surface area contributed by atoms with Gasteiger partial charge in [0, 0.05) is 87.2 Å². The molecular formula is C75H109N7O24S. The Bertz CT molecular complexity index is 3580. The number of nitrogens with zero attached hydrogens (tertiary/aromatic N) is 2. The predicted molar refractivity (Wildman–Crippen MR) is 389 cm³/mol. The molecule has 1 fully saturated rings. The number of esters is 2. The lowest BCUT2D eigenvalue weighted by Gasteiger charge is -2.39. The number of hydrogen-bond acceptors (Lipinski definition) is 23. The summed E-state index contributed by atoms with van der Waals surface area (Å²) in [5, 5.41) is 54.1. The molecular weight excluding hydrogens is 1410 g/mol. The monoisotopic (exact) mass is 1520 g/mol. The zero-order valence-electron chi connectivity index (χ0n) is 63.5. The van der Waals surface area contributed by atoms with E-state index in [4.69, 9.17) is 31.6 Å². The zero-order chi connectivity index (χ0) is 80.6. The first-order valence-corrected chi connectivity index (χ1v) is 37.0. The van der Waals surface area contributed by atoms with E-state index in [-0.39, 0.29) is 105 Å². The number of nitrogens with one attached hydrogen (secondary N) is 5. The van der Waals surface area contributed by atoms with Crippen molar-refractivity contribution < 1.29 is 114 Å². The highest BCUT2D eigenvalue weighted by molar-refractivity contribution is 7.59. The molecule has 594 valence electrons. The Hall–Kier alpha value is -8.95. The van der Waals surface area contributed by atoms with Crippen molar-refractivity contribution in [2.75, 3.05) is 36.9 Å². The molecule has 0 spiro atoms. The zero-order valence-corrected chi connectivity index (χ0v) is 64.3. The molecule has 0 saturated carbocycles. The number of unbranched alkanes of at least 4 members (excludes halogenated alkanes) is 4. The summed E-state index contributed by atoms with van der Waals surface area (Å²) in [7, 11) is -3.11. The third-order valence-electron chi connectivity index (χ3n) is 17.4. The summed E-state index contributed by atoms with van der Waals surface area (Å²) in [5.41, 5.74) is 2.32. The van der Waals surface area contributed by atoms with E-state index in [2.05, 4.69) is 26.6 Å². The SMILES string of the molecule is CC(C)[C@H](CC(=O)CCCCCN1C(=O)C=CC1=O)C(=O)N[C@@H](C)C(=O)Nc1ccc(COC(=O)C(C)(C)C)c(CC[C@@H]2O[C@H](C(=O)O)[C@@H](O)[C@H](O)[C@H]2O)c1.CCCOCCCc1cc(NC(=O)[C@H](C)NC(=O)[C@@H](NC(=O)CCCCCN2C(=O)C=CC2=O)C(C)C)ccc1COC(=O)C(C)(C)C.O=S(=O)=O. The molecule has 32 heteroatoms. The minimum Gasteiger partial charge on any atom is -0.479 e. The largest absolute Gasteiger partial charge is 0.479 e. The van der Waals surface area contributed by atoms with Crippen molar-refractivity contribution >= 4 is 98.8 Å². The molecule has 9 atom stereocenters. The average molecular weight is 1520 g/mol. The van der Waals surface area contributed by atoms with Gasteiger partial charge in [-0.15, -0.1) is 12.6 Å². The highest BCUT2D eigenvalue weighted by Gasteiger charge is 2.47. The van der Waals surface area contributed by atoms with Gasteiger partial charge >= 0.3 is 28.5 Å². The Kier molecular flexibility index (Phi) is 38.8. The number of aliphatic hydroxyl groups is 3. The van der Waals surface area contributed by atoms with Gasteiger partial charge in [-0.2, -0.15) is 0 Å². The Morgan fingerprint density at radius 1 is 0.542 bits per heavy atom. The second-order valence-electron chi connectivity index (χ2n) is 29.2. The smallest absolute Gasteiger partial charge is 0.425 e. The first kappa shape index (κ1) is 92.3. The normalized spacial score (nSPS) is 18.1. The molecule has 0 bridgehead atoms. The van der Waals surface area contributed by atoms with Crippen LogP contribution < -0.4 is 26.6 Å². The van der Waals surface area contributed by atoms with Crippen molar-refractivity contribution in [2.45, 2.75) is 242 Å². The molecule has 3 heterocycles. The number of ketones is 1. The standard InChI is InChI=1S/C39H55N3O13.C36H54N4O8.O3S/c1-21(2)27(19-26(43)10-8-7-9-17-42-29(44)15-16-30(42)45)36(50)40-22(3)35(49)41-25-13-11-24(20-54-38(53)39(4,5)6)23(18-25)12-14-28-31(46)32(47)33(48)34(55-28)37(51)52;1-8-20-47-21-12-13-26-22-28(16-15-27(26)23-48-35(46)36(5,6)7)38-33(44)25(4)37-34(45)32(24(2)3)39-29(41)14-10-9-11-19-40-30(42)17-18-31(40)43;1-4(2)3/h11,13,15-16,18,21-22,27-28,31-34,46-48H,7-10,12,14,17,19-20H2,1-6H3,(H,40,50)(H,41,49)(H,51,52);15-18,22,24-25,32H,8-14,19-21,23H2,1-7H3,(H,37,45)(H,38,44)(H,39,41);/t22-,27-,28-,31-,32+,33-,34-;25-,32-;/m00./s1. The van der Waals surface area contributed by atoms with Crippen molar-refractivity contribution in [3.63, 3.8) is 0 Å². The number of benzene rings is 2. The molecule has 0 aliphatic carbocycles. The number of Topliss-reactive ketones (excluding diaryl/α,β-unsaturated/α-hetero) is 1. The van der Waals surface area contributed by atoms with E-state index in [0.717, 1.165) is 28.9 Å². The molecule has 3 aliphatic heterocycles. The van der Waals surface area contributed by atoms with Gasteiger partial charge in [0.05, 0.1) is 16.9 Å². The van der Waals surface area contributed by atoms with Gasteiger partial charge in [-0.3, -0.25) is 67.3 Å². The number of aryl methyl sites for hydroxylation is 2. The number of carboxylic acid groups (broad SMARTS) is 1. The number of hydrogen-bond donors (Lipinski definition) is 9. The summed E-state index contributed by atoms with van der Waals surface area (Å²) in [6.45, 7) is 24.7. The summed E-state index contributed by atoms with van der Waals surface area (Å²) in [6.07, 6.45) is 3.14. The maximum Gasteiger partial charge on any atom is 0.425 e. The van der Waals surface area contributed by atoms with Crippen LogP contribution in [0.5, 0.6) is 0 Å². The van der Waals surface area contributed by atoms with Crippen LogP contribution in [0, 0.1) is 28.6 Å². The van der Waals surface area contributed by atoms with Gasteiger partial charge in [0.25, 0.3) is 23.6 Å². The molecule has 5 rings (SSSR count). The molecule has 1 saturated heterocycles. The molecule has 107 heavy (non-hydrogen) atoms. The highest BCUT2D eigenvalue weighted by Crippen LogP contribution is 2.29. The van der Waals surface area contributed by atoms with Crippen molar-refractivity contribution in [2.24, 2.45) is 28.6 Å². The minimum absolute atomic E-state index is 0.00749. The van der Waals surface area contributed by atoms with Crippen LogP contribution in [0.2, 0.25) is 0 Å². The van der Waals surface area contributed by atoms with Crippen molar-refractivity contribution in [1.29, 1.82) is 0 Å². The summed E-state index contributed by atoms with van der Waals surface area (Å²) >= 11 is 0. The molecule has 9 amide bonds. The van der Waals surface area contributed by atoms with E-state index in [1.54, 1.807) is 72.7 Å². The topological polar surface area (TPSA) is 458 Å². The number of rotatable bonds is 39. The van der Waals surface area contributed by atoms with Crippen molar-refractivity contribution in [1.82, 2.24) is 25.8 Å². The van der Waals surface area contributed by atoms with Crippen molar-refractivity contribution in [3.05, 3.63) is 83.0 Å². The molecule has 3 aliphatic rings. The predicted octanol–water partition coefficient (Wildman–Crippen LogP) is 5.00. The number of carbonyl (C=O) groups excluding carboxylic acids is 12. The fourth-order valence-corrected chi connectivity index (χ4v) is 11.0. The summed E-state index contributed by atoms with van der Waals surface area (Å²) in [5.74, 6) is -7.06. The fourth-order valence-electron chi connectivity index (χ4n) is 11.0. The average Bonchev–Trinajstić information content (AvgIpc) is 1.79. The van der Waals surface area contributed by atoms with Crippen LogP contribution in [0.4, 0.5) is 11.4 Å². The van der Waals surface area contributed by atoms with Gasteiger partial charge < -0.3 is 66.0 Å². The summed E-state index contributed by atoms with van der Waals surface area (Å²) in [4.78, 5) is 164. The number of aliphatic carboxylic acids is 1. The quantitative estimate of drug-likeness (QED) is 0.0241. The Labute approximate surface area is 626 Å². The third kappa shape index (κ3) is 32.2. The number of aliphatic hydroxyl groups excluding tert-OH is 3. The van der Waals surface area contributed by atoms with E-state index in [1.807, 2.05) is 46.8 Å². The molecule has 0 aromatic heterocycles. The van der Waals surface area contributed by atoms with Gasteiger partial charge in [0.15, 0.2) is 6.10 Å². The Balaban J connectivity index is 0.000000533. The van der Waals surface area contributed by atoms with E-state index < -0.39 is 112 Å². The first-order chi connectivity index (χ1) is 50.1. The van der Waals surface area contributed by atoms with Crippen LogP contribution in [-0.4, -0.2) is 195 Å². The number of amides is 9. The molecule has 2 aromatic carbocycles. The van der Waals surface area contributed by atoms with Gasteiger partial charge in [0.2, 0.25) is 29.5 Å². The van der Waals surface area contributed by atoms with Gasteiger partial charge in [-0.1, -0.05) is 59.6 Å². The number of ether oxygens (including phenoxy) is 4. The van der Waals surface area contributed by atoms with Crippen LogP contribution in [0.1, 0.15) is 189 Å². The number of imide groups is 2. The Morgan fingerprint density at radius 3 is 1.42 bits per heavy atom. The second kappa shape index (κ2) is 45.0. The minimum atomic E-state index is -3.11. The van der Waals surface area contributed by atoms with Gasteiger partial charge in [0.1, 0.15) is 55.4 Å². The lowest BCUT2D eigenvalue weighted by atomic mass is 9.88. The lowest BCUT2D eigenvalue weighted by molar-refractivity contribution is -0.228. The number of carboxylic acids is 1. The maximum atomic E-state index is 13.3. The highest BCUT2D eigenvalue weighted by atomic mass is 32.2. The van der Waals surface area contributed by atoms with Crippen LogP contribution in [0.3, 0.4) is 0 Å². The van der Waals surface area contributed by atoms with Crippen LogP contribution in [0.25, 0.3) is 0 Å². The second-order valence-corrected chi connectivity index (χ2v) is 29.7. The number of anilines is 2. The van der Waals surface area contributed by atoms with E-state index in [9.17, 15) is 82.8 Å². The fraction of sp³-hybridized carbons (Fsp3) is 0.613. The van der Waals surface area contributed by atoms with E-state index in [1.165, 1.54) is 36.1 Å². The molecule has 2 aromatic rings. The molecule has 0 unspecified atom stereocenters. The Morgan fingerprint density at radius 2 is 0.991 bits per heavy atom. The maximum absolute atomic E-state index is 13.3. The first-order valence-electron chi connectivity index (χ1n) is 36.0.